The summed E-state index contributed by atoms with van der Waals surface area (Å²) in [6.45, 7) is 5.85. The van der Waals surface area contributed by atoms with E-state index in [9.17, 15) is 5.11 Å². The smallest absolute Gasteiger partial charge is 0.230 e. The van der Waals surface area contributed by atoms with Crippen molar-refractivity contribution in [2.45, 2.75) is 32.1 Å². The van der Waals surface area contributed by atoms with Gasteiger partial charge in [-0.15, -0.1) is 11.3 Å². The lowest BCUT2D eigenvalue weighted by atomic mass is 10.1. The third-order valence-electron chi connectivity index (χ3n) is 4.01. The predicted molar refractivity (Wildman–Crippen MR) is 90.3 cm³/mol. The Morgan fingerprint density at radius 1 is 1.35 bits per heavy atom. The second-order valence-corrected chi connectivity index (χ2v) is 7.86. The number of aromatic nitrogens is 3. The van der Waals surface area contributed by atoms with Gasteiger partial charge in [-0.1, -0.05) is 17.4 Å². The fourth-order valence-electron chi connectivity index (χ4n) is 3.22. The first-order chi connectivity index (χ1) is 11.1. The third-order valence-corrected chi connectivity index (χ3v) is 6.02. The van der Waals surface area contributed by atoms with Crippen molar-refractivity contribution in [2.75, 3.05) is 13.1 Å². The Labute approximate surface area is 142 Å². The molecule has 1 N–H and O–H groups in total. The van der Waals surface area contributed by atoms with Crippen LogP contribution in [0.15, 0.2) is 23.8 Å². The number of rotatable bonds is 3. The summed E-state index contributed by atoms with van der Waals surface area (Å²) >= 11 is 3.20. The van der Waals surface area contributed by atoms with E-state index in [0.717, 1.165) is 18.0 Å². The van der Waals surface area contributed by atoms with Crippen molar-refractivity contribution in [3.8, 4) is 5.88 Å². The topological polar surface area (TPSA) is 62.9 Å². The highest BCUT2D eigenvalue weighted by Crippen LogP contribution is 2.41. The third kappa shape index (κ3) is 2.65. The van der Waals surface area contributed by atoms with Gasteiger partial charge in [-0.05, 0) is 25.3 Å². The van der Waals surface area contributed by atoms with Crippen molar-refractivity contribution in [2.24, 2.45) is 0 Å². The van der Waals surface area contributed by atoms with E-state index in [1.807, 2.05) is 6.07 Å². The molecule has 1 saturated heterocycles. The van der Waals surface area contributed by atoms with Crippen LogP contribution >= 0.6 is 22.7 Å². The highest BCUT2D eigenvalue weighted by molar-refractivity contribution is 7.17. The van der Waals surface area contributed by atoms with Gasteiger partial charge in [0, 0.05) is 18.0 Å². The molecule has 0 spiro atoms. The molecule has 3 atom stereocenters. The van der Waals surface area contributed by atoms with Crippen molar-refractivity contribution < 1.29 is 9.84 Å². The van der Waals surface area contributed by atoms with Gasteiger partial charge in [-0.3, -0.25) is 4.90 Å². The summed E-state index contributed by atoms with van der Waals surface area (Å²) in [6, 6.07) is 4.18. The van der Waals surface area contributed by atoms with Gasteiger partial charge in [0.2, 0.25) is 10.8 Å². The first-order valence-corrected chi connectivity index (χ1v) is 9.27. The molecule has 3 aromatic rings. The van der Waals surface area contributed by atoms with Crippen LogP contribution in [-0.4, -0.2) is 49.9 Å². The zero-order valence-corrected chi connectivity index (χ0v) is 14.5. The average molecular weight is 350 g/mol. The maximum atomic E-state index is 10.6. The molecule has 0 aliphatic carbocycles. The van der Waals surface area contributed by atoms with E-state index in [0.29, 0.717) is 4.96 Å². The molecule has 1 aliphatic rings. The summed E-state index contributed by atoms with van der Waals surface area (Å²) in [4.78, 5) is 9.42. The maximum absolute atomic E-state index is 10.6. The summed E-state index contributed by atoms with van der Waals surface area (Å²) in [5.74, 6) is 0.188. The van der Waals surface area contributed by atoms with Crippen LogP contribution in [0.3, 0.4) is 0 Å². The molecule has 1 aliphatic heterocycles. The van der Waals surface area contributed by atoms with Gasteiger partial charge in [-0.25, -0.2) is 4.98 Å². The van der Waals surface area contributed by atoms with Crippen LogP contribution in [0, 0.1) is 0 Å². The second kappa shape index (κ2) is 5.86. The van der Waals surface area contributed by atoms with Crippen LogP contribution in [0.2, 0.25) is 0 Å². The number of hydrogen-bond acceptors (Lipinski definition) is 7. The van der Waals surface area contributed by atoms with E-state index < -0.39 is 0 Å². The fourth-order valence-corrected chi connectivity index (χ4v) is 5.25. The lowest BCUT2D eigenvalue weighted by Gasteiger charge is -2.39. The van der Waals surface area contributed by atoms with Crippen molar-refractivity contribution in [1.29, 1.82) is 0 Å². The zero-order valence-electron chi connectivity index (χ0n) is 12.9. The average Bonchev–Trinajstić information content (AvgIpc) is 3.20. The van der Waals surface area contributed by atoms with E-state index in [2.05, 4.69) is 40.3 Å². The minimum absolute atomic E-state index is 0.0114. The van der Waals surface area contributed by atoms with Crippen molar-refractivity contribution in [1.82, 2.24) is 19.5 Å². The molecule has 0 radical (unpaired) electrons. The molecular weight excluding hydrogens is 332 g/mol. The quantitative estimate of drug-likeness (QED) is 0.787. The standard InChI is InChI=1S/C15H18N4O2S2/c1-9-6-18(7-10(2)21-9)12(11-4-3-5-22-11)13-14(20)19-15(23-13)16-8-17-19/h3-5,8-10,12,20H,6-7H2,1-2H3/t9-,10-,12-/m0/s1. The molecule has 0 unspecified atom stereocenters. The summed E-state index contributed by atoms with van der Waals surface area (Å²) < 4.78 is 7.37. The lowest BCUT2D eigenvalue weighted by molar-refractivity contribution is -0.0761. The highest BCUT2D eigenvalue weighted by Gasteiger charge is 2.34. The van der Waals surface area contributed by atoms with E-state index >= 15 is 0 Å². The largest absolute Gasteiger partial charge is 0.492 e. The number of ether oxygens (including phenoxy) is 1. The first kappa shape index (κ1) is 15.1. The molecule has 4 heterocycles. The number of fused-ring (bicyclic) bond motifs is 1. The fraction of sp³-hybridized carbons (Fsp3) is 0.467. The Balaban J connectivity index is 1.79. The monoisotopic (exact) mass is 350 g/mol. The van der Waals surface area contributed by atoms with Crippen LogP contribution in [0.1, 0.15) is 29.6 Å². The molecule has 122 valence electrons. The predicted octanol–water partition coefficient (Wildman–Crippen LogP) is 2.76. The van der Waals surface area contributed by atoms with Gasteiger partial charge in [0.25, 0.3) is 0 Å². The summed E-state index contributed by atoms with van der Waals surface area (Å²) in [7, 11) is 0. The number of morpholine rings is 1. The molecule has 0 bridgehead atoms. The van der Waals surface area contributed by atoms with Crippen LogP contribution in [-0.2, 0) is 4.74 Å². The Morgan fingerprint density at radius 2 is 2.13 bits per heavy atom. The van der Waals surface area contributed by atoms with Gasteiger partial charge >= 0.3 is 0 Å². The Hall–Kier alpha value is -1.48. The molecule has 1 fully saturated rings. The Kier molecular flexibility index (Phi) is 3.84. The number of nitrogens with zero attached hydrogens (tertiary/aromatic N) is 4. The van der Waals surface area contributed by atoms with Crippen molar-refractivity contribution in [3.63, 3.8) is 0 Å². The van der Waals surface area contributed by atoms with E-state index in [-0.39, 0.29) is 24.1 Å². The molecule has 8 heteroatoms. The highest BCUT2D eigenvalue weighted by atomic mass is 32.1. The van der Waals surface area contributed by atoms with Gasteiger partial charge in [0.05, 0.1) is 23.1 Å². The van der Waals surface area contributed by atoms with E-state index in [1.165, 1.54) is 27.1 Å². The van der Waals surface area contributed by atoms with Gasteiger partial charge < -0.3 is 9.84 Å². The maximum Gasteiger partial charge on any atom is 0.230 e. The van der Waals surface area contributed by atoms with E-state index in [1.54, 1.807) is 11.3 Å². The molecule has 0 saturated carbocycles. The molecule has 3 aromatic heterocycles. The second-order valence-electron chi connectivity index (χ2n) is 5.87. The minimum Gasteiger partial charge on any atom is -0.492 e. The van der Waals surface area contributed by atoms with Crippen LogP contribution in [0.5, 0.6) is 5.88 Å². The van der Waals surface area contributed by atoms with E-state index in [4.69, 9.17) is 4.74 Å². The molecule has 23 heavy (non-hydrogen) atoms. The summed E-state index contributed by atoms with van der Waals surface area (Å²) in [5, 5.41) is 16.8. The number of aromatic hydroxyl groups is 1. The summed E-state index contributed by atoms with van der Waals surface area (Å²) in [5.41, 5.74) is 0. The SMILES string of the molecule is C[C@H]1CN([C@@H](c2cccs2)c2sc3ncnn3c2O)C[C@H](C)O1. The van der Waals surface area contributed by atoms with Gasteiger partial charge in [0.1, 0.15) is 6.33 Å². The molecular formula is C15H18N4O2S2. The number of hydrogen-bond donors (Lipinski definition) is 1. The number of thiophene rings is 1. The Bertz CT molecular complexity index is 788. The zero-order chi connectivity index (χ0) is 16.0. The van der Waals surface area contributed by atoms with Gasteiger partial charge in [-0.2, -0.15) is 9.61 Å². The van der Waals surface area contributed by atoms with Crippen LogP contribution in [0.4, 0.5) is 0 Å². The first-order valence-electron chi connectivity index (χ1n) is 7.57. The molecule has 0 amide bonds. The molecule has 0 aromatic carbocycles. The summed E-state index contributed by atoms with van der Waals surface area (Å²) in [6.07, 6.45) is 1.81. The minimum atomic E-state index is 0.0114. The number of thiazole rings is 1. The lowest BCUT2D eigenvalue weighted by Crippen LogP contribution is -2.46. The van der Waals surface area contributed by atoms with Crippen molar-refractivity contribution in [3.05, 3.63) is 33.6 Å². The normalized spacial score (nSPS) is 24.3. The van der Waals surface area contributed by atoms with Gasteiger partial charge in [0.15, 0.2) is 0 Å². The van der Waals surface area contributed by atoms with Crippen LogP contribution < -0.4 is 0 Å². The Morgan fingerprint density at radius 3 is 2.78 bits per heavy atom. The molecule has 4 rings (SSSR count). The molecule has 6 nitrogen and oxygen atoms in total. The van der Waals surface area contributed by atoms with Crippen molar-refractivity contribution >= 4 is 27.6 Å². The van der Waals surface area contributed by atoms with Crippen LogP contribution in [0.25, 0.3) is 4.96 Å².